The Morgan fingerprint density at radius 1 is 1.24 bits per heavy atom. The van der Waals surface area contributed by atoms with E-state index in [0.29, 0.717) is 45.4 Å². The van der Waals surface area contributed by atoms with Crippen molar-refractivity contribution in [1.82, 2.24) is 19.9 Å². The van der Waals surface area contributed by atoms with Gasteiger partial charge in [0.1, 0.15) is 41.5 Å². The summed E-state index contributed by atoms with van der Waals surface area (Å²) >= 11 is 0. The average Bonchev–Trinajstić information content (AvgIpc) is 3.11. The molecule has 29 heavy (non-hydrogen) atoms. The summed E-state index contributed by atoms with van der Waals surface area (Å²) < 4.78 is 12.5. The number of hydrogen-bond acceptors (Lipinski definition) is 7. The van der Waals surface area contributed by atoms with Gasteiger partial charge in [0.2, 0.25) is 0 Å². The van der Waals surface area contributed by atoms with Crippen LogP contribution in [-0.2, 0) is 0 Å². The zero-order chi connectivity index (χ0) is 20.4. The van der Waals surface area contributed by atoms with Crippen LogP contribution >= 0.6 is 0 Å². The number of aliphatic imine (C=N–C) groups is 1. The summed E-state index contributed by atoms with van der Waals surface area (Å²) in [6.07, 6.45) is 6.50. The van der Waals surface area contributed by atoms with Gasteiger partial charge in [-0.3, -0.25) is 4.48 Å². The number of nitrogens with zero attached hydrogens (tertiary/aromatic N) is 5. The normalized spacial score (nSPS) is 16.5. The first-order valence-corrected chi connectivity index (χ1v) is 9.25. The minimum atomic E-state index is -0.356. The third-order valence-corrected chi connectivity index (χ3v) is 4.38. The maximum Gasteiger partial charge on any atom is 0.251 e. The predicted octanol–water partition coefficient (Wildman–Crippen LogP) is 2.12. The lowest BCUT2D eigenvalue weighted by Crippen LogP contribution is -2.41. The number of benzene rings is 1. The van der Waals surface area contributed by atoms with Crippen molar-refractivity contribution in [2.24, 2.45) is 4.99 Å². The van der Waals surface area contributed by atoms with E-state index < -0.39 is 0 Å². The fourth-order valence-electron chi connectivity index (χ4n) is 2.94. The Balaban J connectivity index is 1.70. The van der Waals surface area contributed by atoms with Crippen LogP contribution in [0.15, 0.2) is 48.1 Å². The number of aromatic amines is 1. The number of H-pyrrole nitrogens is 1. The van der Waals surface area contributed by atoms with Gasteiger partial charge in [-0.25, -0.2) is 19.9 Å². The Hall–Kier alpha value is -3.30. The highest BCUT2D eigenvalue weighted by Gasteiger charge is 2.21. The molecule has 0 aliphatic carbocycles. The SMILES string of the molecule is C[C@@H](CO)Oc1cc(OC2=NC=C[N+](C)(C)C2)cc(-c2nc3cncnc3[nH]2)c1. The standard InChI is InChI=1S/C20H23N6O3/c1-13(11-27)28-15-6-14(19-24-17-9-21-12-23-20(17)25-19)7-16(8-15)29-18-10-26(2,3)5-4-22-18/h4-9,12-13,27H,10-11H2,1-3H3,(H,21,23,24,25)/q+1/t13-/m0/s1. The van der Waals surface area contributed by atoms with Gasteiger partial charge in [0.05, 0.1) is 33.1 Å². The molecule has 1 aliphatic rings. The summed E-state index contributed by atoms with van der Waals surface area (Å²) in [4.78, 5) is 20.3. The van der Waals surface area contributed by atoms with Crippen LogP contribution in [0.25, 0.3) is 22.6 Å². The van der Waals surface area contributed by atoms with Crippen LogP contribution < -0.4 is 9.47 Å². The number of quaternary nitrogens is 1. The third-order valence-electron chi connectivity index (χ3n) is 4.38. The number of ether oxygens (including phenoxy) is 2. The Morgan fingerprint density at radius 2 is 2.07 bits per heavy atom. The third kappa shape index (κ3) is 4.41. The smallest absolute Gasteiger partial charge is 0.251 e. The van der Waals surface area contributed by atoms with Crippen LogP contribution in [0.5, 0.6) is 11.5 Å². The summed E-state index contributed by atoms with van der Waals surface area (Å²) in [6.45, 7) is 2.33. The van der Waals surface area contributed by atoms with Gasteiger partial charge in [0.25, 0.3) is 5.90 Å². The molecule has 150 valence electrons. The van der Waals surface area contributed by atoms with Crippen LogP contribution in [0.2, 0.25) is 0 Å². The Labute approximate surface area is 168 Å². The van der Waals surface area contributed by atoms with Gasteiger partial charge in [-0.1, -0.05) is 0 Å². The Kier molecular flexibility index (Phi) is 4.99. The molecule has 9 nitrogen and oxygen atoms in total. The summed E-state index contributed by atoms with van der Waals surface area (Å²) in [5, 5.41) is 9.35. The van der Waals surface area contributed by atoms with Crippen LogP contribution in [-0.4, -0.2) is 68.8 Å². The van der Waals surface area contributed by atoms with E-state index in [4.69, 9.17) is 9.47 Å². The quantitative estimate of drug-likeness (QED) is 0.641. The minimum absolute atomic E-state index is 0.0934. The molecule has 0 bridgehead atoms. The fourth-order valence-corrected chi connectivity index (χ4v) is 2.94. The van der Waals surface area contributed by atoms with Gasteiger partial charge in [0, 0.05) is 11.6 Å². The van der Waals surface area contributed by atoms with Crippen molar-refractivity contribution in [3.05, 3.63) is 43.1 Å². The lowest BCUT2D eigenvalue weighted by Gasteiger charge is -2.27. The molecule has 0 amide bonds. The topological polar surface area (TPSA) is 106 Å². The van der Waals surface area contributed by atoms with Crippen molar-refractivity contribution < 1.29 is 19.1 Å². The second-order valence-corrected chi connectivity index (χ2v) is 7.51. The lowest BCUT2D eigenvalue weighted by atomic mass is 10.2. The Bertz CT molecular complexity index is 1060. The molecule has 0 saturated carbocycles. The first kappa shape index (κ1) is 19.0. The molecular formula is C20H23N6O3+. The Morgan fingerprint density at radius 3 is 2.83 bits per heavy atom. The number of nitrogens with one attached hydrogen (secondary N) is 1. The average molecular weight is 395 g/mol. The van der Waals surface area contributed by atoms with Crippen molar-refractivity contribution in [3.8, 4) is 22.9 Å². The van der Waals surface area contributed by atoms with Gasteiger partial charge >= 0.3 is 0 Å². The lowest BCUT2D eigenvalue weighted by molar-refractivity contribution is -0.830. The molecule has 1 aliphatic heterocycles. The number of imidazole rings is 1. The van der Waals surface area contributed by atoms with Crippen molar-refractivity contribution >= 4 is 17.1 Å². The number of fused-ring (bicyclic) bond motifs is 1. The van der Waals surface area contributed by atoms with Gasteiger partial charge in [-0.15, -0.1) is 0 Å². The molecule has 2 N–H and O–H groups in total. The number of aliphatic hydroxyl groups excluding tert-OH is 1. The molecule has 4 rings (SSSR count). The minimum Gasteiger partial charge on any atom is -0.488 e. The number of rotatable bonds is 5. The molecule has 3 aromatic rings. The first-order valence-electron chi connectivity index (χ1n) is 9.25. The van der Waals surface area contributed by atoms with Gasteiger partial charge in [0.15, 0.2) is 12.2 Å². The van der Waals surface area contributed by atoms with E-state index in [9.17, 15) is 5.11 Å². The molecule has 1 atom stereocenters. The van der Waals surface area contributed by atoms with E-state index in [1.807, 2.05) is 18.3 Å². The predicted molar refractivity (Wildman–Crippen MR) is 108 cm³/mol. The van der Waals surface area contributed by atoms with Crippen LogP contribution in [0.3, 0.4) is 0 Å². The number of hydrogen-bond donors (Lipinski definition) is 2. The number of likely N-dealkylation sites (N-methyl/N-ethyl adjacent to an activating group) is 1. The molecule has 0 radical (unpaired) electrons. The van der Waals surface area contributed by atoms with Gasteiger partial charge in [-0.05, 0) is 19.1 Å². The largest absolute Gasteiger partial charge is 0.488 e. The maximum atomic E-state index is 9.35. The number of aliphatic hydroxyl groups is 1. The van der Waals surface area contributed by atoms with Crippen LogP contribution in [0, 0.1) is 0 Å². The summed E-state index contributed by atoms with van der Waals surface area (Å²) in [5.74, 6) is 2.36. The highest BCUT2D eigenvalue weighted by atomic mass is 16.5. The molecule has 1 aromatic carbocycles. The van der Waals surface area contributed by atoms with E-state index in [1.165, 1.54) is 6.33 Å². The molecule has 9 heteroatoms. The summed E-state index contributed by atoms with van der Waals surface area (Å²) in [6, 6.07) is 5.48. The van der Waals surface area contributed by atoms with Crippen molar-refractivity contribution in [3.63, 3.8) is 0 Å². The molecule has 0 fully saturated rings. The van der Waals surface area contributed by atoms with E-state index >= 15 is 0 Å². The fraction of sp³-hybridized carbons (Fsp3) is 0.300. The first-order chi connectivity index (χ1) is 13.9. The molecule has 3 heterocycles. The van der Waals surface area contributed by atoms with Crippen molar-refractivity contribution in [2.75, 3.05) is 27.2 Å². The monoisotopic (exact) mass is 395 g/mol. The van der Waals surface area contributed by atoms with Gasteiger partial charge < -0.3 is 19.6 Å². The highest BCUT2D eigenvalue weighted by molar-refractivity contribution is 5.82. The van der Waals surface area contributed by atoms with Gasteiger partial charge in [-0.2, -0.15) is 0 Å². The highest BCUT2D eigenvalue weighted by Crippen LogP contribution is 2.30. The zero-order valence-electron chi connectivity index (χ0n) is 16.5. The van der Waals surface area contributed by atoms with Crippen molar-refractivity contribution in [1.29, 1.82) is 0 Å². The molecule has 0 saturated heterocycles. The molecule has 2 aromatic heterocycles. The second-order valence-electron chi connectivity index (χ2n) is 7.51. The van der Waals surface area contributed by atoms with Crippen LogP contribution in [0.1, 0.15) is 6.92 Å². The van der Waals surface area contributed by atoms with E-state index in [0.717, 1.165) is 5.56 Å². The molecular weight excluding hydrogens is 372 g/mol. The zero-order valence-corrected chi connectivity index (χ0v) is 16.5. The van der Waals surface area contributed by atoms with E-state index in [1.54, 1.807) is 25.4 Å². The van der Waals surface area contributed by atoms with E-state index in [-0.39, 0.29) is 12.7 Å². The van der Waals surface area contributed by atoms with Crippen LogP contribution in [0.4, 0.5) is 0 Å². The van der Waals surface area contributed by atoms with Crippen molar-refractivity contribution in [2.45, 2.75) is 13.0 Å². The molecule has 0 spiro atoms. The maximum absolute atomic E-state index is 9.35. The second kappa shape index (κ2) is 7.61. The summed E-state index contributed by atoms with van der Waals surface area (Å²) in [5.41, 5.74) is 2.08. The van der Waals surface area contributed by atoms with E-state index in [2.05, 4.69) is 39.0 Å². The number of aromatic nitrogens is 4. The summed E-state index contributed by atoms with van der Waals surface area (Å²) in [7, 11) is 4.13. The molecule has 0 unspecified atom stereocenters.